The van der Waals surface area contributed by atoms with Gasteiger partial charge in [0.25, 0.3) is 11.6 Å². The van der Waals surface area contributed by atoms with E-state index in [4.69, 9.17) is 5.73 Å². The van der Waals surface area contributed by atoms with E-state index in [0.717, 1.165) is 6.07 Å². The minimum absolute atomic E-state index is 0.0979. The molecule has 1 amide bonds. The topological polar surface area (TPSA) is 98.3 Å². The first-order valence-electron chi connectivity index (χ1n) is 6.54. The fourth-order valence-corrected chi connectivity index (χ4v) is 2.71. The number of nitro benzene ring substituents is 1. The molecule has 0 heterocycles. The average Bonchev–Trinajstić information content (AvgIpc) is 2.73. The Labute approximate surface area is 121 Å². The molecule has 1 aromatic carbocycles. The van der Waals surface area contributed by atoms with Crippen LogP contribution in [0.2, 0.25) is 0 Å². The van der Waals surface area contributed by atoms with Crippen LogP contribution in [0, 0.1) is 26.8 Å². The molecule has 114 valence electrons. The molecule has 1 aliphatic carbocycles. The van der Waals surface area contributed by atoms with Gasteiger partial charge in [0, 0.05) is 6.04 Å². The quantitative estimate of drug-likeness (QED) is 0.508. The van der Waals surface area contributed by atoms with Crippen LogP contribution in [0.25, 0.3) is 0 Å². The van der Waals surface area contributed by atoms with E-state index >= 15 is 0 Å². The Morgan fingerprint density at radius 1 is 1.33 bits per heavy atom. The number of nitrogens with two attached hydrogens (primary N) is 1. The summed E-state index contributed by atoms with van der Waals surface area (Å²) in [7, 11) is 0. The molecule has 1 fully saturated rings. The zero-order valence-electron chi connectivity index (χ0n) is 12.4. The molecular formula is C14H18FN3O3. The lowest BCUT2D eigenvalue weighted by Crippen LogP contribution is -2.30. The first kappa shape index (κ1) is 15.2. The third-order valence-corrected chi connectivity index (χ3v) is 4.86. The van der Waals surface area contributed by atoms with Crippen molar-refractivity contribution in [2.75, 3.05) is 5.73 Å². The predicted molar refractivity (Wildman–Crippen MR) is 76.3 cm³/mol. The summed E-state index contributed by atoms with van der Waals surface area (Å²) in [5.74, 6) is -1.46. The number of nitrogens with one attached hydrogen (secondary N) is 1. The van der Waals surface area contributed by atoms with Crippen LogP contribution >= 0.6 is 0 Å². The molecule has 0 saturated heterocycles. The van der Waals surface area contributed by atoms with Crippen molar-refractivity contribution in [2.45, 2.75) is 33.7 Å². The number of halogens is 1. The Morgan fingerprint density at radius 3 is 2.29 bits per heavy atom. The van der Waals surface area contributed by atoms with Gasteiger partial charge in [-0.25, -0.2) is 4.39 Å². The van der Waals surface area contributed by atoms with E-state index in [1.165, 1.54) is 0 Å². The summed E-state index contributed by atoms with van der Waals surface area (Å²) in [6, 6.07) is 1.52. The number of nitrogens with zero attached hydrogens (tertiary/aromatic N) is 1. The maximum Gasteiger partial charge on any atom is 0.295 e. The van der Waals surface area contributed by atoms with Crippen molar-refractivity contribution in [1.29, 1.82) is 0 Å². The fraction of sp³-hybridized carbons (Fsp3) is 0.500. The Balaban J connectivity index is 2.31. The van der Waals surface area contributed by atoms with Crippen LogP contribution in [0.1, 0.15) is 38.1 Å². The molecule has 0 spiro atoms. The first-order chi connectivity index (χ1) is 9.50. The second-order valence-electron chi connectivity index (χ2n) is 6.49. The van der Waals surface area contributed by atoms with Gasteiger partial charge in [0.15, 0.2) is 0 Å². The SMILES string of the molecule is CC1(C)C(NC(=O)c2cc(F)cc([N+](=O)[O-])c2N)C1(C)C. The molecule has 2 rings (SSSR count). The number of hydrogen-bond donors (Lipinski definition) is 2. The van der Waals surface area contributed by atoms with E-state index in [0.29, 0.717) is 6.07 Å². The molecule has 1 aliphatic rings. The van der Waals surface area contributed by atoms with Crippen LogP contribution in [0.15, 0.2) is 12.1 Å². The summed E-state index contributed by atoms with van der Waals surface area (Å²) < 4.78 is 13.4. The van der Waals surface area contributed by atoms with Gasteiger partial charge in [-0.15, -0.1) is 0 Å². The maximum atomic E-state index is 13.4. The molecule has 1 aromatic rings. The molecule has 0 atom stereocenters. The molecule has 6 nitrogen and oxygen atoms in total. The third kappa shape index (κ3) is 2.22. The highest BCUT2D eigenvalue weighted by atomic mass is 19.1. The van der Waals surface area contributed by atoms with E-state index in [1.807, 2.05) is 27.7 Å². The van der Waals surface area contributed by atoms with Crippen LogP contribution in [-0.4, -0.2) is 16.9 Å². The summed E-state index contributed by atoms with van der Waals surface area (Å²) >= 11 is 0. The van der Waals surface area contributed by atoms with Crippen molar-refractivity contribution < 1.29 is 14.1 Å². The van der Waals surface area contributed by atoms with Gasteiger partial charge in [-0.2, -0.15) is 0 Å². The maximum absolute atomic E-state index is 13.4. The van der Waals surface area contributed by atoms with Gasteiger partial charge < -0.3 is 11.1 Å². The van der Waals surface area contributed by atoms with E-state index in [2.05, 4.69) is 5.32 Å². The first-order valence-corrected chi connectivity index (χ1v) is 6.54. The van der Waals surface area contributed by atoms with Crippen LogP contribution in [0.4, 0.5) is 15.8 Å². The number of amides is 1. The Kier molecular flexibility index (Phi) is 3.19. The van der Waals surface area contributed by atoms with Crippen molar-refractivity contribution in [3.8, 4) is 0 Å². The molecule has 0 radical (unpaired) electrons. The molecule has 0 unspecified atom stereocenters. The predicted octanol–water partition coefficient (Wildman–Crippen LogP) is 2.48. The minimum atomic E-state index is -0.865. The normalized spacial score (nSPS) is 19.1. The number of hydrogen-bond acceptors (Lipinski definition) is 4. The van der Waals surface area contributed by atoms with E-state index < -0.39 is 22.3 Å². The smallest absolute Gasteiger partial charge is 0.295 e. The monoisotopic (exact) mass is 295 g/mol. The molecule has 1 saturated carbocycles. The molecule has 21 heavy (non-hydrogen) atoms. The van der Waals surface area contributed by atoms with Crippen LogP contribution < -0.4 is 11.1 Å². The summed E-state index contributed by atoms with van der Waals surface area (Å²) in [4.78, 5) is 22.2. The summed E-state index contributed by atoms with van der Waals surface area (Å²) in [5, 5.41) is 13.6. The van der Waals surface area contributed by atoms with Gasteiger partial charge in [0.05, 0.1) is 16.6 Å². The fourth-order valence-electron chi connectivity index (χ4n) is 2.71. The third-order valence-electron chi connectivity index (χ3n) is 4.86. The average molecular weight is 295 g/mol. The van der Waals surface area contributed by atoms with Crippen molar-refractivity contribution in [2.24, 2.45) is 10.8 Å². The second kappa shape index (κ2) is 4.41. The molecule has 3 N–H and O–H groups in total. The minimum Gasteiger partial charge on any atom is -0.393 e. The van der Waals surface area contributed by atoms with Crippen molar-refractivity contribution in [3.63, 3.8) is 0 Å². The lowest BCUT2D eigenvalue weighted by molar-refractivity contribution is -0.384. The number of anilines is 1. The number of carbonyl (C=O) groups excluding carboxylic acids is 1. The van der Waals surface area contributed by atoms with E-state index in [-0.39, 0.29) is 28.1 Å². The van der Waals surface area contributed by atoms with Gasteiger partial charge >= 0.3 is 0 Å². The highest BCUT2D eigenvalue weighted by Gasteiger charge is 2.65. The Hall–Kier alpha value is -2.18. The molecule has 0 aliphatic heterocycles. The van der Waals surface area contributed by atoms with Gasteiger partial charge in [0.1, 0.15) is 11.5 Å². The lowest BCUT2D eigenvalue weighted by atomic mass is 10.0. The van der Waals surface area contributed by atoms with Gasteiger partial charge in [-0.1, -0.05) is 27.7 Å². The van der Waals surface area contributed by atoms with Gasteiger partial charge in [-0.3, -0.25) is 14.9 Å². The number of nitrogen functional groups attached to an aromatic ring is 1. The van der Waals surface area contributed by atoms with Crippen molar-refractivity contribution in [3.05, 3.63) is 33.6 Å². The number of nitro groups is 1. The number of benzene rings is 1. The largest absolute Gasteiger partial charge is 0.393 e. The van der Waals surface area contributed by atoms with Gasteiger partial charge in [-0.05, 0) is 16.9 Å². The van der Waals surface area contributed by atoms with E-state index in [1.54, 1.807) is 0 Å². The van der Waals surface area contributed by atoms with Crippen LogP contribution in [-0.2, 0) is 0 Å². The highest BCUT2D eigenvalue weighted by Crippen LogP contribution is 2.62. The van der Waals surface area contributed by atoms with Crippen LogP contribution in [0.5, 0.6) is 0 Å². The Bertz CT molecular complexity index is 627. The van der Waals surface area contributed by atoms with Crippen molar-refractivity contribution in [1.82, 2.24) is 5.32 Å². The second-order valence-corrected chi connectivity index (χ2v) is 6.49. The summed E-state index contributed by atoms with van der Waals surface area (Å²) in [6.45, 7) is 8.04. The zero-order chi connectivity index (χ0) is 16.2. The number of carbonyl (C=O) groups is 1. The lowest BCUT2D eigenvalue weighted by Gasteiger charge is -2.09. The van der Waals surface area contributed by atoms with Crippen LogP contribution in [0.3, 0.4) is 0 Å². The highest BCUT2D eigenvalue weighted by molar-refractivity contribution is 6.01. The molecule has 7 heteroatoms. The summed E-state index contributed by atoms with van der Waals surface area (Å²) in [6.07, 6.45) is 0. The summed E-state index contributed by atoms with van der Waals surface area (Å²) in [5.41, 5.74) is 4.28. The van der Waals surface area contributed by atoms with Gasteiger partial charge in [0.2, 0.25) is 0 Å². The van der Waals surface area contributed by atoms with Crippen molar-refractivity contribution >= 4 is 17.3 Å². The Morgan fingerprint density at radius 2 is 1.86 bits per heavy atom. The standard InChI is InChI=1S/C14H18FN3O3/c1-13(2)12(14(13,3)4)17-11(19)8-5-7(15)6-9(10(8)16)18(20)21/h5-6,12H,16H2,1-4H3,(H,17,19). The molecule has 0 aromatic heterocycles. The molecular weight excluding hydrogens is 277 g/mol. The molecule has 0 bridgehead atoms. The zero-order valence-corrected chi connectivity index (χ0v) is 12.4. The number of rotatable bonds is 3. The van der Waals surface area contributed by atoms with E-state index in [9.17, 15) is 19.3 Å².